The van der Waals surface area contributed by atoms with Gasteiger partial charge >= 0.3 is 0 Å². The molecule has 0 heterocycles. The van der Waals surface area contributed by atoms with Gasteiger partial charge in [-0.1, -0.05) is 12.2 Å². The van der Waals surface area contributed by atoms with Crippen molar-refractivity contribution in [2.24, 2.45) is 5.41 Å². The van der Waals surface area contributed by atoms with E-state index in [2.05, 4.69) is 13.5 Å². The quantitative estimate of drug-likeness (QED) is 0.810. The largest absolute Gasteiger partial charge is 0.494 e. The molecule has 0 bridgehead atoms. The summed E-state index contributed by atoms with van der Waals surface area (Å²) in [6, 6.07) is 0. The molecular weight excluding hydrogens is 264 g/mol. The van der Waals surface area contributed by atoms with Crippen molar-refractivity contribution in [2.75, 3.05) is 6.61 Å². The molecule has 1 saturated carbocycles. The van der Waals surface area contributed by atoms with Crippen molar-refractivity contribution >= 4 is 5.78 Å². The smallest absolute Gasteiger partial charge is 0.195 e. The monoisotopic (exact) mass is 286 g/mol. The summed E-state index contributed by atoms with van der Waals surface area (Å²) in [7, 11) is 0. The van der Waals surface area contributed by atoms with Crippen molar-refractivity contribution in [3.05, 3.63) is 46.3 Å². The van der Waals surface area contributed by atoms with Gasteiger partial charge in [0.1, 0.15) is 12.2 Å². The number of ketones is 1. The molecule has 0 aliphatic heterocycles. The lowest BCUT2D eigenvalue weighted by Gasteiger charge is -2.39. The van der Waals surface area contributed by atoms with Crippen LogP contribution in [0, 0.1) is 5.41 Å². The van der Waals surface area contributed by atoms with E-state index in [0.29, 0.717) is 17.9 Å². The van der Waals surface area contributed by atoms with E-state index in [1.54, 1.807) is 6.92 Å². The Hall–Kier alpha value is -1.61. The molecule has 1 atom stereocenters. The molecule has 0 aromatic carbocycles. The minimum absolute atomic E-state index is 0.148. The van der Waals surface area contributed by atoms with Crippen LogP contribution in [0.25, 0.3) is 0 Å². The highest BCUT2D eigenvalue weighted by molar-refractivity contribution is 6.10. The maximum atomic E-state index is 12.7. The number of ether oxygens (including phenoxy) is 1. The van der Waals surface area contributed by atoms with Crippen LogP contribution in [0.2, 0.25) is 0 Å². The second-order valence-corrected chi connectivity index (χ2v) is 6.69. The highest BCUT2D eigenvalue weighted by Crippen LogP contribution is 2.64. The van der Waals surface area contributed by atoms with Crippen LogP contribution in [0.1, 0.15) is 40.5 Å². The second-order valence-electron chi connectivity index (χ2n) is 6.69. The normalized spacial score (nSPS) is 29.8. The van der Waals surface area contributed by atoms with E-state index in [0.717, 1.165) is 35.1 Å². The van der Waals surface area contributed by atoms with E-state index in [1.807, 2.05) is 19.9 Å². The van der Waals surface area contributed by atoms with Gasteiger partial charge in [-0.25, -0.2) is 0 Å². The van der Waals surface area contributed by atoms with Crippen molar-refractivity contribution in [3.8, 4) is 0 Å². The van der Waals surface area contributed by atoms with Gasteiger partial charge in [-0.15, -0.1) is 0 Å². The Balaban J connectivity index is 2.10. The standard InChI is InChI=1S/C18H22O3/c1-10(2)21-9-14-11(3)8-13-15(14)12(4)18(6-7-18)17(5,20)16(13)19/h8,20H,1,6-7,9H2,2-5H3/t17-/m0/s1. The van der Waals surface area contributed by atoms with Crippen molar-refractivity contribution in [1.82, 2.24) is 0 Å². The average molecular weight is 286 g/mol. The van der Waals surface area contributed by atoms with E-state index in [1.165, 1.54) is 0 Å². The second kappa shape index (κ2) is 4.20. The molecule has 3 aliphatic rings. The van der Waals surface area contributed by atoms with E-state index >= 15 is 0 Å². The SMILES string of the molecule is C=C(C)OCC1=C(C)C=C2C(=O)[C@](C)(O)C3(CC3)C(C)=C21. The van der Waals surface area contributed by atoms with Gasteiger partial charge in [-0.3, -0.25) is 4.79 Å². The van der Waals surface area contributed by atoms with E-state index in [4.69, 9.17) is 4.74 Å². The molecule has 0 amide bonds. The lowest BCUT2D eigenvalue weighted by Crippen LogP contribution is -2.49. The average Bonchev–Trinajstić information content (AvgIpc) is 3.14. The molecule has 1 N–H and O–H groups in total. The minimum Gasteiger partial charge on any atom is -0.494 e. The Morgan fingerprint density at radius 2 is 2.05 bits per heavy atom. The van der Waals surface area contributed by atoms with E-state index < -0.39 is 5.60 Å². The first kappa shape index (κ1) is 14.3. The zero-order valence-electron chi connectivity index (χ0n) is 13.2. The summed E-state index contributed by atoms with van der Waals surface area (Å²) in [6.07, 6.45) is 3.64. The maximum absolute atomic E-state index is 12.7. The first-order valence-corrected chi connectivity index (χ1v) is 7.41. The summed E-state index contributed by atoms with van der Waals surface area (Å²) >= 11 is 0. The Labute approximate surface area is 125 Å². The summed E-state index contributed by atoms with van der Waals surface area (Å²) < 4.78 is 5.58. The first-order valence-electron chi connectivity index (χ1n) is 7.41. The van der Waals surface area contributed by atoms with Crippen molar-refractivity contribution < 1.29 is 14.6 Å². The van der Waals surface area contributed by atoms with E-state index in [9.17, 15) is 9.90 Å². The van der Waals surface area contributed by atoms with Gasteiger partial charge in [0.25, 0.3) is 0 Å². The molecule has 0 radical (unpaired) electrons. The number of hydrogen-bond donors (Lipinski definition) is 1. The van der Waals surface area contributed by atoms with Crippen LogP contribution in [0.4, 0.5) is 0 Å². The number of carbonyl (C=O) groups is 1. The van der Waals surface area contributed by atoms with Crippen LogP contribution in [0.5, 0.6) is 0 Å². The number of aliphatic hydroxyl groups is 1. The van der Waals surface area contributed by atoms with Gasteiger partial charge in [0.2, 0.25) is 0 Å². The molecule has 3 nitrogen and oxygen atoms in total. The Morgan fingerprint density at radius 1 is 1.43 bits per heavy atom. The molecule has 112 valence electrons. The van der Waals surface area contributed by atoms with Gasteiger partial charge in [-0.05, 0) is 57.8 Å². The molecule has 0 aromatic heterocycles. The molecule has 3 rings (SSSR count). The Bertz CT molecular complexity index is 652. The highest BCUT2D eigenvalue weighted by atomic mass is 16.5. The molecule has 21 heavy (non-hydrogen) atoms. The number of carbonyl (C=O) groups excluding carboxylic acids is 1. The number of Topliss-reactive ketones (excluding diaryl/α,β-unsaturated/α-hetero) is 1. The summed E-state index contributed by atoms with van der Waals surface area (Å²) in [4.78, 5) is 12.7. The molecule has 3 aliphatic carbocycles. The predicted molar refractivity (Wildman–Crippen MR) is 81.5 cm³/mol. The fraction of sp³-hybridized carbons (Fsp3) is 0.500. The first-order chi connectivity index (χ1) is 9.72. The van der Waals surface area contributed by atoms with Crippen molar-refractivity contribution in [3.63, 3.8) is 0 Å². The van der Waals surface area contributed by atoms with Gasteiger partial charge in [0.05, 0.1) is 5.76 Å². The van der Waals surface area contributed by atoms with Gasteiger partial charge in [0, 0.05) is 16.6 Å². The fourth-order valence-corrected chi connectivity index (χ4v) is 3.80. The Kier molecular flexibility index (Phi) is 2.87. The van der Waals surface area contributed by atoms with Crippen LogP contribution in [0.15, 0.2) is 46.3 Å². The minimum atomic E-state index is -1.28. The zero-order chi connectivity index (χ0) is 15.6. The zero-order valence-corrected chi connectivity index (χ0v) is 13.2. The number of allylic oxidation sites excluding steroid dienone is 3. The van der Waals surface area contributed by atoms with Crippen LogP contribution in [-0.2, 0) is 9.53 Å². The fourth-order valence-electron chi connectivity index (χ4n) is 3.80. The van der Waals surface area contributed by atoms with Crippen LogP contribution in [0.3, 0.4) is 0 Å². The molecule has 1 spiro atoms. The van der Waals surface area contributed by atoms with Gasteiger partial charge in [0.15, 0.2) is 5.78 Å². The Morgan fingerprint density at radius 3 is 2.57 bits per heavy atom. The van der Waals surface area contributed by atoms with E-state index in [-0.39, 0.29) is 11.2 Å². The third-order valence-electron chi connectivity index (χ3n) is 5.33. The molecule has 0 aromatic rings. The third kappa shape index (κ3) is 1.73. The maximum Gasteiger partial charge on any atom is 0.195 e. The number of fused-ring (bicyclic) bond motifs is 1. The van der Waals surface area contributed by atoms with Gasteiger partial charge < -0.3 is 9.84 Å². The highest BCUT2D eigenvalue weighted by Gasteiger charge is 2.65. The van der Waals surface area contributed by atoms with Crippen LogP contribution >= 0.6 is 0 Å². The lowest BCUT2D eigenvalue weighted by atomic mass is 9.67. The summed E-state index contributed by atoms with van der Waals surface area (Å²) in [5.74, 6) is 0.516. The molecule has 1 fully saturated rings. The summed E-state index contributed by atoms with van der Waals surface area (Å²) in [5, 5.41) is 10.8. The number of hydrogen-bond acceptors (Lipinski definition) is 3. The molecule has 0 saturated heterocycles. The summed E-state index contributed by atoms with van der Waals surface area (Å²) in [6.45, 7) is 11.7. The van der Waals surface area contributed by atoms with Crippen molar-refractivity contribution in [2.45, 2.75) is 46.1 Å². The van der Waals surface area contributed by atoms with Crippen LogP contribution < -0.4 is 0 Å². The lowest BCUT2D eigenvalue weighted by molar-refractivity contribution is -0.137. The molecule has 3 heteroatoms. The topological polar surface area (TPSA) is 46.5 Å². The van der Waals surface area contributed by atoms with Crippen molar-refractivity contribution in [1.29, 1.82) is 0 Å². The molecular formula is C18H22O3. The predicted octanol–water partition coefficient (Wildman–Crippen LogP) is 3.22. The van der Waals surface area contributed by atoms with Crippen LogP contribution in [-0.4, -0.2) is 23.1 Å². The van der Waals surface area contributed by atoms with Gasteiger partial charge in [-0.2, -0.15) is 0 Å². The third-order valence-corrected chi connectivity index (χ3v) is 5.33. The summed E-state index contributed by atoms with van der Waals surface area (Å²) in [5.41, 5.74) is 3.24. The number of rotatable bonds is 3. The molecule has 0 unspecified atom stereocenters.